The summed E-state index contributed by atoms with van der Waals surface area (Å²) in [7, 11) is 0. The molecule has 0 spiro atoms. The number of fused-ring (bicyclic) bond motifs is 1. The third-order valence-corrected chi connectivity index (χ3v) is 4.75. The zero-order chi connectivity index (χ0) is 13.2. The summed E-state index contributed by atoms with van der Waals surface area (Å²) in [6, 6.07) is 14.6. The van der Waals surface area contributed by atoms with Crippen LogP contribution in [-0.2, 0) is 6.42 Å². The number of pyridine rings is 1. The molecule has 0 aliphatic rings. The molecule has 19 heavy (non-hydrogen) atoms. The van der Waals surface area contributed by atoms with E-state index in [1.807, 2.05) is 18.3 Å². The highest BCUT2D eigenvalue weighted by molar-refractivity contribution is 9.10. The third-order valence-electron chi connectivity index (χ3n) is 2.98. The molecule has 0 saturated carbocycles. The maximum Gasteiger partial charge on any atom is 0.151 e. The van der Waals surface area contributed by atoms with Crippen molar-refractivity contribution in [3.63, 3.8) is 0 Å². The average Bonchev–Trinajstić information content (AvgIpc) is 2.80. The van der Waals surface area contributed by atoms with Crippen molar-refractivity contribution < 1.29 is 0 Å². The van der Waals surface area contributed by atoms with E-state index < -0.39 is 0 Å². The molecule has 0 saturated heterocycles. The summed E-state index contributed by atoms with van der Waals surface area (Å²) >= 11 is 5.31. The lowest BCUT2D eigenvalue weighted by molar-refractivity contribution is 1.03. The van der Waals surface area contributed by atoms with Crippen LogP contribution in [0.3, 0.4) is 0 Å². The van der Waals surface area contributed by atoms with E-state index in [2.05, 4.69) is 62.1 Å². The molecule has 0 radical (unpaired) electrons. The molecule has 0 fully saturated rings. The van der Waals surface area contributed by atoms with Crippen molar-refractivity contribution in [1.29, 1.82) is 0 Å². The number of aromatic nitrogens is 2. The van der Waals surface area contributed by atoms with Crippen LogP contribution in [0.2, 0.25) is 0 Å². The standard InChI is InChI=1S/C15H13BrN2S/c1-2-11-10-13-14(16)8-9-17-15(13)18(11)19-12-6-4-3-5-7-12/h3-10H,2H2,1H3. The predicted molar refractivity (Wildman–Crippen MR) is 84.5 cm³/mol. The van der Waals surface area contributed by atoms with Gasteiger partial charge in [-0.3, -0.25) is 3.97 Å². The summed E-state index contributed by atoms with van der Waals surface area (Å²) in [6.07, 6.45) is 2.83. The molecule has 3 rings (SSSR count). The first-order valence-electron chi connectivity index (χ1n) is 6.18. The SMILES string of the molecule is CCc1cc2c(Br)ccnc2n1Sc1ccccc1. The van der Waals surface area contributed by atoms with Crippen molar-refractivity contribution in [3.8, 4) is 0 Å². The lowest BCUT2D eigenvalue weighted by atomic mass is 10.3. The minimum absolute atomic E-state index is 0.989. The highest BCUT2D eigenvalue weighted by atomic mass is 79.9. The van der Waals surface area contributed by atoms with Crippen molar-refractivity contribution >= 4 is 38.9 Å². The van der Waals surface area contributed by atoms with E-state index in [-0.39, 0.29) is 0 Å². The Balaban J connectivity index is 2.14. The van der Waals surface area contributed by atoms with Gasteiger partial charge in [-0.15, -0.1) is 0 Å². The monoisotopic (exact) mass is 332 g/mol. The molecule has 0 atom stereocenters. The van der Waals surface area contributed by atoms with Gasteiger partial charge in [0, 0.05) is 26.6 Å². The fourth-order valence-corrected chi connectivity index (χ4v) is 3.46. The Bertz CT molecular complexity index is 707. The molecule has 0 unspecified atom stereocenters. The number of hydrogen-bond acceptors (Lipinski definition) is 2. The second kappa shape index (κ2) is 5.39. The summed E-state index contributed by atoms with van der Waals surface area (Å²) in [5.41, 5.74) is 2.29. The Kier molecular flexibility index (Phi) is 3.62. The molecule has 2 heterocycles. The van der Waals surface area contributed by atoms with Gasteiger partial charge in [-0.1, -0.05) is 25.1 Å². The van der Waals surface area contributed by atoms with Crippen LogP contribution in [0.5, 0.6) is 0 Å². The lowest BCUT2D eigenvalue weighted by Gasteiger charge is -2.07. The number of rotatable bonds is 3. The van der Waals surface area contributed by atoms with E-state index in [1.165, 1.54) is 16.0 Å². The Hall–Kier alpha value is -1.26. The molecule has 0 aliphatic heterocycles. The van der Waals surface area contributed by atoms with Crippen LogP contribution < -0.4 is 0 Å². The fourth-order valence-electron chi connectivity index (χ4n) is 2.03. The highest BCUT2D eigenvalue weighted by Gasteiger charge is 2.11. The van der Waals surface area contributed by atoms with Crippen LogP contribution in [0.15, 0.2) is 58.0 Å². The van der Waals surface area contributed by atoms with Crippen LogP contribution in [0.4, 0.5) is 0 Å². The minimum Gasteiger partial charge on any atom is -0.268 e. The smallest absolute Gasteiger partial charge is 0.151 e. The molecule has 1 aromatic carbocycles. The first-order chi connectivity index (χ1) is 9.29. The second-order valence-electron chi connectivity index (χ2n) is 4.22. The van der Waals surface area contributed by atoms with Crippen molar-refractivity contribution in [2.75, 3.05) is 0 Å². The van der Waals surface area contributed by atoms with Crippen molar-refractivity contribution in [1.82, 2.24) is 8.96 Å². The van der Waals surface area contributed by atoms with Gasteiger partial charge in [-0.2, -0.15) is 0 Å². The van der Waals surface area contributed by atoms with E-state index >= 15 is 0 Å². The number of halogens is 1. The van der Waals surface area contributed by atoms with Crippen LogP contribution in [0.25, 0.3) is 11.0 Å². The minimum atomic E-state index is 0.989. The summed E-state index contributed by atoms with van der Waals surface area (Å²) < 4.78 is 3.31. The van der Waals surface area contributed by atoms with E-state index in [9.17, 15) is 0 Å². The van der Waals surface area contributed by atoms with Crippen molar-refractivity contribution in [3.05, 3.63) is 58.8 Å². The highest BCUT2D eigenvalue weighted by Crippen LogP contribution is 2.32. The molecule has 0 amide bonds. The van der Waals surface area contributed by atoms with E-state index in [0.29, 0.717) is 0 Å². The molecule has 0 N–H and O–H groups in total. The Morgan fingerprint density at radius 1 is 1.21 bits per heavy atom. The maximum absolute atomic E-state index is 4.52. The third kappa shape index (κ3) is 2.42. The summed E-state index contributed by atoms with van der Waals surface area (Å²) in [5, 5.41) is 1.17. The van der Waals surface area contributed by atoms with Crippen LogP contribution in [-0.4, -0.2) is 8.96 Å². The number of benzene rings is 1. The van der Waals surface area contributed by atoms with E-state index in [4.69, 9.17) is 0 Å². The zero-order valence-electron chi connectivity index (χ0n) is 10.5. The molecule has 4 heteroatoms. The average molecular weight is 333 g/mol. The van der Waals surface area contributed by atoms with Gasteiger partial charge < -0.3 is 0 Å². The van der Waals surface area contributed by atoms with Crippen LogP contribution >= 0.6 is 27.9 Å². The Labute approximate surface area is 125 Å². The summed E-state index contributed by atoms with van der Waals surface area (Å²) in [5.74, 6) is 0. The van der Waals surface area contributed by atoms with Gasteiger partial charge in [-0.25, -0.2) is 4.98 Å². The van der Waals surface area contributed by atoms with Crippen molar-refractivity contribution in [2.45, 2.75) is 18.2 Å². The molecule has 2 aromatic heterocycles. The van der Waals surface area contributed by atoms with Gasteiger partial charge in [0.2, 0.25) is 0 Å². The fraction of sp³-hybridized carbons (Fsp3) is 0.133. The second-order valence-corrected chi connectivity index (χ2v) is 6.09. The van der Waals surface area contributed by atoms with Gasteiger partial charge in [0.1, 0.15) is 0 Å². The number of aryl methyl sites for hydroxylation is 1. The van der Waals surface area contributed by atoms with Gasteiger partial charge in [-0.05, 0) is 58.6 Å². The van der Waals surface area contributed by atoms with Crippen LogP contribution in [0, 0.1) is 0 Å². The lowest BCUT2D eigenvalue weighted by Crippen LogP contribution is -1.94. The zero-order valence-corrected chi connectivity index (χ0v) is 12.9. The number of nitrogens with zero attached hydrogens (tertiary/aromatic N) is 2. The van der Waals surface area contributed by atoms with Gasteiger partial charge >= 0.3 is 0 Å². The van der Waals surface area contributed by atoms with Crippen molar-refractivity contribution in [2.24, 2.45) is 0 Å². The first kappa shape index (κ1) is 12.8. The normalized spacial score (nSPS) is 11.1. The number of hydrogen-bond donors (Lipinski definition) is 0. The topological polar surface area (TPSA) is 17.8 Å². The van der Waals surface area contributed by atoms with E-state index in [0.717, 1.165) is 16.5 Å². The predicted octanol–water partition coefficient (Wildman–Crippen LogP) is 4.92. The Morgan fingerprint density at radius 3 is 2.74 bits per heavy atom. The first-order valence-corrected chi connectivity index (χ1v) is 7.74. The molecular formula is C15H13BrN2S. The largest absolute Gasteiger partial charge is 0.268 e. The quantitative estimate of drug-likeness (QED) is 0.677. The summed E-state index contributed by atoms with van der Waals surface area (Å²) in [4.78, 5) is 5.74. The summed E-state index contributed by atoms with van der Waals surface area (Å²) in [6.45, 7) is 2.17. The molecule has 3 aromatic rings. The van der Waals surface area contributed by atoms with E-state index in [1.54, 1.807) is 11.9 Å². The van der Waals surface area contributed by atoms with Gasteiger partial charge in [0.25, 0.3) is 0 Å². The molecule has 2 nitrogen and oxygen atoms in total. The van der Waals surface area contributed by atoms with Gasteiger partial charge in [0.05, 0.1) is 0 Å². The molecular weight excluding hydrogens is 320 g/mol. The maximum atomic E-state index is 4.52. The van der Waals surface area contributed by atoms with Gasteiger partial charge in [0.15, 0.2) is 5.65 Å². The molecule has 96 valence electrons. The van der Waals surface area contributed by atoms with Crippen LogP contribution in [0.1, 0.15) is 12.6 Å². The Morgan fingerprint density at radius 2 is 2.00 bits per heavy atom. The molecule has 0 bridgehead atoms. The molecule has 0 aliphatic carbocycles.